The van der Waals surface area contributed by atoms with Crippen LogP contribution in [0.25, 0.3) is 6.08 Å². The molecule has 0 aliphatic heterocycles. The molecule has 1 rings (SSSR count). The zero-order valence-corrected chi connectivity index (χ0v) is 11.9. The molecule has 0 saturated heterocycles. The van der Waals surface area contributed by atoms with Crippen molar-refractivity contribution < 1.29 is 0 Å². The van der Waals surface area contributed by atoms with E-state index in [1.165, 1.54) is 5.56 Å². The summed E-state index contributed by atoms with van der Waals surface area (Å²) in [6, 6.07) is 10.2. The van der Waals surface area contributed by atoms with Gasteiger partial charge >= 0.3 is 0 Å². The molecule has 0 fully saturated rings. The molecule has 78 valence electrons. The van der Waals surface area contributed by atoms with Crippen LogP contribution in [0.1, 0.15) is 5.56 Å². The Bertz CT molecular complexity index is 402. The van der Waals surface area contributed by atoms with Crippen LogP contribution in [0.15, 0.2) is 34.8 Å². The van der Waals surface area contributed by atoms with E-state index in [1.807, 2.05) is 24.3 Å². The lowest BCUT2D eigenvalue weighted by molar-refractivity contribution is 1.66. The third-order valence-corrected chi connectivity index (χ3v) is 2.95. The van der Waals surface area contributed by atoms with Gasteiger partial charge in [-0.05, 0) is 27.6 Å². The Kier molecular flexibility index (Phi) is 4.38. The summed E-state index contributed by atoms with van der Waals surface area (Å²) in [5.41, 5.74) is 4.49. The van der Waals surface area contributed by atoms with E-state index in [0.29, 0.717) is 0 Å². The molecular weight excluding hydrogens is 264 g/mol. The molecule has 0 aliphatic carbocycles. The van der Waals surface area contributed by atoms with Crippen molar-refractivity contribution in [3.63, 3.8) is 0 Å². The summed E-state index contributed by atoms with van der Waals surface area (Å²) in [6.07, 6.45) is 2.05. The number of hydrogen-bond donors (Lipinski definition) is 0. The number of benzene rings is 1. The van der Waals surface area contributed by atoms with E-state index in [-0.39, 0.29) is 0 Å². The minimum absolute atomic E-state index is 0.955. The smallest absolute Gasteiger partial charge is 0.126 e. The third kappa shape index (κ3) is 5.61. The van der Waals surface area contributed by atoms with Crippen molar-refractivity contribution in [1.29, 1.82) is 0 Å². The van der Waals surface area contributed by atoms with E-state index < -0.39 is 8.07 Å². The van der Waals surface area contributed by atoms with E-state index in [4.69, 9.17) is 0 Å². The molecule has 0 N–H and O–H groups in total. The van der Waals surface area contributed by atoms with E-state index in [2.05, 4.69) is 59.2 Å². The molecule has 15 heavy (non-hydrogen) atoms. The number of rotatable bonds is 1. The molecule has 1 aromatic rings. The molecule has 0 radical (unpaired) electrons. The molecule has 0 spiro atoms. The first-order chi connectivity index (χ1) is 6.97. The molecule has 0 saturated carbocycles. The highest BCUT2D eigenvalue weighted by molar-refractivity contribution is 9.12. The lowest BCUT2D eigenvalue weighted by Gasteiger charge is -2.02. The van der Waals surface area contributed by atoms with E-state index in [1.54, 1.807) is 0 Å². The van der Waals surface area contributed by atoms with Gasteiger partial charge in [0.25, 0.3) is 0 Å². The molecule has 0 heterocycles. The number of hydrogen-bond acceptors (Lipinski definition) is 0. The largest absolute Gasteiger partial charge is 0.129 e. The van der Waals surface area contributed by atoms with Crippen molar-refractivity contribution >= 4 is 30.1 Å². The zero-order chi connectivity index (χ0) is 11.3. The molecular formula is C13H15BrSi. The predicted octanol–water partition coefficient (Wildman–Crippen LogP) is 4.30. The first kappa shape index (κ1) is 12.3. The van der Waals surface area contributed by atoms with Gasteiger partial charge in [0.05, 0.1) is 4.48 Å². The summed E-state index contributed by atoms with van der Waals surface area (Å²) in [6.45, 7) is 6.72. The lowest BCUT2D eigenvalue weighted by atomic mass is 10.2. The maximum absolute atomic E-state index is 3.48. The second-order valence-electron chi connectivity index (χ2n) is 4.40. The summed E-state index contributed by atoms with van der Waals surface area (Å²) in [4.78, 5) is 0. The fourth-order valence-corrected chi connectivity index (χ4v) is 2.04. The van der Waals surface area contributed by atoms with Crippen LogP contribution in [0, 0.1) is 11.5 Å². The van der Waals surface area contributed by atoms with E-state index in [9.17, 15) is 0 Å². The Balaban J connectivity index is 2.81. The molecule has 0 atom stereocenters. The van der Waals surface area contributed by atoms with Gasteiger partial charge in [-0.3, -0.25) is 0 Å². The van der Waals surface area contributed by atoms with Crippen molar-refractivity contribution in [3.8, 4) is 11.5 Å². The van der Waals surface area contributed by atoms with Crippen LogP contribution in [0.4, 0.5) is 0 Å². The monoisotopic (exact) mass is 278 g/mol. The number of allylic oxidation sites excluding steroid dienone is 1. The highest BCUT2D eigenvalue weighted by atomic mass is 79.9. The first-order valence-electron chi connectivity index (χ1n) is 4.93. The van der Waals surface area contributed by atoms with Gasteiger partial charge in [0, 0.05) is 0 Å². The summed E-state index contributed by atoms with van der Waals surface area (Å²) in [5, 5.41) is 0. The van der Waals surface area contributed by atoms with Crippen molar-refractivity contribution in [2.45, 2.75) is 19.6 Å². The number of halogens is 1. The Morgan fingerprint density at radius 1 is 1.20 bits per heavy atom. The fourth-order valence-electron chi connectivity index (χ4n) is 0.979. The van der Waals surface area contributed by atoms with Crippen LogP contribution in [-0.2, 0) is 0 Å². The molecule has 2 heteroatoms. The second-order valence-corrected chi connectivity index (χ2v) is 10.0. The van der Waals surface area contributed by atoms with Crippen LogP contribution >= 0.6 is 15.9 Å². The Hall–Kier alpha value is -0.783. The van der Waals surface area contributed by atoms with Gasteiger partial charge in [-0.15, -0.1) is 5.54 Å². The minimum atomic E-state index is -1.27. The van der Waals surface area contributed by atoms with Crippen molar-refractivity contribution in [2.24, 2.45) is 0 Å². The highest BCUT2D eigenvalue weighted by Gasteiger charge is 2.07. The SMILES string of the molecule is C[Si](C)(C)C#C/C(Br)=C/c1ccccc1. The van der Waals surface area contributed by atoms with Crippen LogP contribution in [0.5, 0.6) is 0 Å². The summed E-state index contributed by atoms with van der Waals surface area (Å²) in [7, 11) is -1.27. The minimum Gasteiger partial charge on any atom is -0.126 e. The molecule has 0 aliphatic rings. The standard InChI is InChI=1S/C13H15BrSi/c1-15(2,3)10-9-13(14)11-12-7-5-4-6-8-12/h4-8,11H,1-3H3/b13-11-. The van der Waals surface area contributed by atoms with Crippen LogP contribution in [-0.4, -0.2) is 8.07 Å². The average Bonchev–Trinajstić information content (AvgIpc) is 2.15. The van der Waals surface area contributed by atoms with Crippen molar-refractivity contribution in [3.05, 3.63) is 40.4 Å². The first-order valence-corrected chi connectivity index (χ1v) is 9.22. The Labute approximate surface area is 102 Å². The van der Waals surface area contributed by atoms with Crippen molar-refractivity contribution in [2.75, 3.05) is 0 Å². The molecule has 0 aromatic heterocycles. The topological polar surface area (TPSA) is 0 Å². The van der Waals surface area contributed by atoms with Gasteiger partial charge in [-0.1, -0.05) is 55.9 Å². The maximum atomic E-state index is 3.48. The van der Waals surface area contributed by atoms with Gasteiger partial charge in [-0.25, -0.2) is 0 Å². The zero-order valence-electron chi connectivity index (χ0n) is 9.34. The summed E-state index contributed by atoms with van der Waals surface area (Å²) < 4.78 is 0.955. The summed E-state index contributed by atoms with van der Waals surface area (Å²) >= 11 is 3.48. The average molecular weight is 279 g/mol. The van der Waals surface area contributed by atoms with Crippen LogP contribution < -0.4 is 0 Å². The second kappa shape index (κ2) is 5.34. The lowest BCUT2D eigenvalue weighted by Crippen LogP contribution is -2.16. The van der Waals surface area contributed by atoms with Crippen LogP contribution in [0.3, 0.4) is 0 Å². The van der Waals surface area contributed by atoms with Gasteiger partial charge < -0.3 is 0 Å². The molecule has 0 amide bonds. The molecule has 0 bridgehead atoms. The third-order valence-electron chi connectivity index (χ3n) is 1.65. The molecule has 0 unspecified atom stereocenters. The highest BCUT2D eigenvalue weighted by Crippen LogP contribution is 2.11. The van der Waals surface area contributed by atoms with Gasteiger partial charge in [-0.2, -0.15) is 0 Å². The predicted molar refractivity (Wildman–Crippen MR) is 74.5 cm³/mol. The normalized spacial score (nSPS) is 11.9. The summed E-state index contributed by atoms with van der Waals surface area (Å²) in [5.74, 6) is 3.16. The van der Waals surface area contributed by atoms with E-state index in [0.717, 1.165) is 4.48 Å². The van der Waals surface area contributed by atoms with Gasteiger partial charge in [0.15, 0.2) is 0 Å². The molecule has 0 nitrogen and oxygen atoms in total. The van der Waals surface area contributed by atoms with Crippen molar-refractivity contribution in [1.82, 2.24) is 0 Å². The fraction of sp³-hybridized carbons (Fsp3) is 0.231. The van der Waals surface area contributed by atoms with Gasteiger partial charge in [0.2, 0.25) is 0 Å². The quantitative estimate of drug-likeness (QED) is 0.531. The molecule has 1 aromatic carbocycles. The Morgan fingerprint density at radius 2 is 1.80 bits per heavy atom. The Morgan fingerprint density at radius 3 is 2.33 bits per heavy atom. The van der Waals surface area contributed by atoms with Crippen LogP contribution in [0.2, 0.25) is 19.6 Å². The van der Waals surface area contributed by atoms with E-state index >= 15 is 0 Å². The van der Waals surface area contributed by atoms with Gasteiger partial charge in [0.1, 0.15) is 8.07 Å². The maximum Gasteiger partial charge on any atom is 0.129 e.